The molecule has 0 heterocycles. The summed E-state index contributed by atoms with van der Waals surface area (Å²) in [6.07, 6.45) is -4.61. The van der Waals surface area contributed by atoms with Gasteiger partial charge in [0.2, 0.25) is 5.91 Å². The molecule has 0 fully saturated rings. The van der Waals surface area contributed by atoms with Crippen LogP contribution in [0.4, 0.5) is 18.9 Å². The van der Waals surface area contributed by atoms with E-state index in [0.29, 0.717) is 0 Å². The van der Waals surface area contributed by atoms with Gasteiger partial charge in [0, 0.05) is 16.4 Å². The number of alkyl halides is 3. The molecule has 1 rings (SSSR count). The van der Waals surface area contributed by atoms with Gasteiger partial charge in [-0.15, -0.1) is 0 Å². The summed E-state index contributed by atoms with van der Waals surface area (Å²) < 4.78 is 38.7. The first-order chi connectivity index (χ1) is 8.49. The lowest BCUT2D eigenvalue weighted by Crippen LogP contribution is -2.36. The van der Waals surface area contributed by atoms with E-state index in [2.05, 4.69) is 21.2 Å². The van der Waals surface area contributed by atoms with E-state index in [1.54, 1.807) is 13.8 Å². The van der Waals surface area contributed by atoms with Crippen LogP contribution < -0.4 is 11.1 Å². The minimum absolute atomic E-state index is 0.0691. The van der Waals surface area contributed by atoms with Crippen molar-refractivity contribution in [2.75, 3.05) is 5.32 Å². The van der Waals surface area contributed by atoms with E-state index in [-0.39, 0.29) is 16.6 Å². The Kier molecular flexibility index (Phi) is 4.63. The van der Waals surface area contributed by atoms with Crippen LogP contribution in [0, 0.1) is 0 Å². The Hall–Kier alpha value is -1.08. The van der Waals surface area contributed by atoms with Crippen LogP contribution in [0.5, 0.6) is 0 Å². The highest BCUT2D eigenvalue weighted by Gasteiger charge is 2.34. The Morgan fingerprint density at radius 3 is 2.42 bits per heavy atom. The average molecular weight is 339 g/mol. The molecule has 0 aliphatic heterocycles. The summed E-state index contributed by atoms with van der Waals surface area (Å²) in [6.45, 7) is 3.25. The minimum atomic E-state index is -4.54. The number of anilines is 1. The highest BCUT2D eigenvalue weighted by molar-refractivity contribution is 9.10. The van der Waals surface area contributed by atoms with E-state index >= 15 is 0 Å². The number of amides is 1. The van der Waals surface area contributed by atoms with Gasteiger partial charge in [0.05, 0.1) is 11.3 Å². The van der Waals surface area contributed by atoms with Gasteiger partial charge in [-0.3, -0.25) is 4.79 Å². The Morgan fingerprint density at radius 2 is 1.95 bits per heavy atom. The Balaban J connectivity index is 2.99. The molecule has 0 spiro atoms. The third kappa shape index (κ3) is 5.20. The van der Waals surface area contributed by atoms with Gasteiger partial charge in [-0.1, -0.05) is 15.9 Å². The molecule has 19 heavy (non-hydrogen) atoms. The zero-order valence-corrected chi connectivity index (χ0v) is 12.0. The van der Waals surface area contributed by atoms with Gasteiger partial charge in [0.25, 0.3) is 0 Å². The Bertz CT molecular complexity index is 481. The summed E-state index contributed by atoms with van der Waals surface area (Å²) in [5.74, 6) is -0.555. The van der Waals surface area contributed by atoms with Crippen LogP contribution in [0.1, 0.15) is 25.8 Å². The number of carbonyl (C=O) groups is 1. The van der Waals surface area contributed by atoms with Gasteiger partial charge in [-0.25, -0.2) is 0 Å². The summed E-state index contributed by atoms with van der Waals surface area (Å²) in [5, 5.41) is 2.24. The molecule has 0 atom stereocenters. The van der Waals surface area contributed by atoms with Gasteiger partial charge < -0.3 is 11.1 Å². The molecule has 0 aromatic heterocycles. The summed E-state index contributed by atoms with van der Waals surface area (Å²) in [6, 6.07) is 3.55. The molecule has 106 valence electrons. The molecule has 0 bridgehead atoms. The summed E-state index contributed by atoms with van der Waals surface area (Å²) >= 11 is 2.97. The zero-order valence-electron chi connectivity index (χ0n) is 10.4. The minimum Gasteiger partial charge on any atom is -0.325 e. The highest BCUT2D eigenvalue weighted by atomic mass is 79.9. The van der Waals surface area contributed by atoms with E-state index in [0.717, 1.165) is 6.07 Å². The maximum Gasteiger partial charge on any atom is 0.418 e. The Morgan fingerprint density at radius 1 is 1.37 bits per heavy atom. The van der Waals surface area contributed by atoms with Crippen LogP contribution in [-0.2, 0) is 11.0 Å². The lowest BCUT2D eigenvalue weighted by Gasteiger charge is -2.19. The molecule has 1 aromatic carbocycles. The standard InChI is InChI=1S/C12H14BrF3N2O/c1-11(2,17)6-10(19)18-9-4-3-7(13)5-8(9)12(14,15)16/h3-5H,6,17H2,1-2H3,(H,18,19). The predicted octanol–water partition coefficient (Wildman–Crippen LogP) is 3.53. The molecule has 0 aliphatic rings. The number of hydrogen-bond acceptors (Lipinski definition) is 2. The first kappa shape index (κ1) is 16.0. The third-order valence-corrected chi connectivity index (χ3v) is 2.67. The molecule has 0 saturated carbocycles. The number of benzene rings is 1. The van der Waals surface area contributed by atoms with Gasteiger partial charge in [-0.2, -0.15) is 13.2 Å². The van der Waals surface area contributed by atoms with Crippen LogP contribution in [0.2, 0.25) is 0 Å². The molecule has 3 N–H and O–H groups in total. The van der Waals surface area contributed by atoms with Crippen LogP contribution in [0.3, 0.4) is 0 Å². The van der Waals surface area contributed by atoms with E-state index in [1.165, 1.54) is 12.1 Å². The maximum atomic E-state index is 12.8. The SMILES string of the molecule is CC(C)(N)CC(=O)Nc1ccc(Br)cc1C(F)(F)F. The van der Waals surface area contributed by atoms with E-state index in [1.807, 2.05) is 0 Å². The van der Waals surface area contributed by atoms with Gasteiger partial charge in [0.1, 0.15) is 0 Å². The molecular formula is C12H14BrF3N2O. The van der Waals surface area contributed by atoms with Crippen molar-refractivity contribution in [3.05, 3.63) is 28.2 Å². The van der Waals surface area contributed by atoms with Gasteiger partial charge in [0.15, 0.2) is 0 Å². The van der Waals surface area contributed by atoms with Crippen molar-refractivity contribution in [2.45, 2.75) is 32.0 Å². The van der Waals surface area contributed by atoms with E-state index < -0.39 is 23.2 Å². The summed E-state index contributed by atoms with van der Waals surface area (Å²) in [4.78, 5) is 11.6. The van der Waals surface area contributed by atoms with Crippen molar-refractivity contribution in [3.63, 3.8) is 0 Å². The quantitative estimate of drug-likeness (QED) is 0.885. The normalized spacial score (nSPS) is 12.4. The molecule has 7 heteroatoms. The van der Waals surface area contributed by atoms with E-state index in [4.69, 9.17) is 5.73 Å². The topological polar surface area (TPSA) is 55.1 Å². The van der Waals surface area contributed by atoms with Crippen molar-refractivity contribution in [3.8, 4) is 0 Å². The van der Waals surface area contributed by atoms with Crippen molar-refractivity contribution >= 4 is 27.5 Å². The fraction of sp³-hybridized carbons (Fsp3) is 0.417. The van der Waals surface area contributed by atoms with Gasteiger partial charge >= 0.3 is 6.18 Å². The lowest BCUT2D eigenvalue weighted by atomic mass is 10.0. The molecule has 1 amide bonds. The largest absolute Gasteiger partial charge is 0.418 e. The number of halogens is 4. The van der Waals surface area contributed by atoms with Crippen molar-refractivity contribution in [1.29, 1.82) is 0 Å². The maximum absolute atomic E-state index is 12.8. The molecule has 0 unspecified atom stereocenters. The second-order valence-corrected chi connectivity index (χ2v) is 5.82. The third-order valence-electron chi connectivity index (χ3n) is 2.18. The molecule has 0 aliphatic carbocycles. The molecule has 1 aromatic rings. The van der Waals surface area contributed by atoms with Crippen LogP contribution in [-0.4, -0.2) is 11.4 Å². The smallest absolute Gasteiger partial charge is 0.325 e. The molecule has 0 saturated heterocycles. The fourth-order valence-corrected chi connectivity index (χ4v) is 1.83. The highest BCUT2D eigenvalue weighted by Crippen LogP contribution is 2.36. The lowest BCUT2D eigenvalue weighted by molar-refractivity contribution is -0.137. The van der Waals surface area contributed by atoms with Crippen molar-refractivity contribution in [2.24, 2.45) is 5.73 Å². The average Bonchev–Trinajstić information content (AvgIpc) is 2.16. The number of nitrogens with one attached hydrogen (secondary N) is 1. The van der Waals surface area contributed by atoms with Gasteiger partial charge in [-0.05, 0) is 32.0 Å². The van der Waals surface area contributed by atoms with Crippen LogP contribution in [0.25, 0.3) is 0 Å². The second-order valence-electron chi connectivity index (χ2n) is 4.90. The van der Waals surface area contributed by atoms with E-state index in [9.17, 15) is 18.0 Å². The van der Waals surface area contributed by atoms with Crippen molar-refractivity contribution < 1.29 is 18.0 Å². The number of carbonyl (C=O) groups excluding carboxylic acids is 1. The summed E-state index contributed by atoms with van der Waals surface area (Å²) in [7, 11) is 0. The number of hydrogen-bond donors (Lipinski definition) is 2. The first-order valence-electron chi connectivity index (χ1n) is 5.44. The monoisotopic (exact) mass is 338 g/mol. The second kappa shape index (κ2) is 5.50. The first-order valence-corrected chi connectivity index (χ1v) is 6.24. The zero-order chi connectivity index (χ0) is 14.8. The predicted molar refractivity (Wildman–Crippen MR) is 70.7 cm³/mol. The molecule has 3 nitrogen and oxygen atoms in total. The number of rotatable bonds is 3. The molecular weight excluding hydrogens is 325 g/mol. The Labute approximate surface area is 117 Å². The van der Waals surface area contributed by atoms with Crippen molar-refractivity contribution in [1.82, 2.24) is 0 Å². The molecule has 0 radical (unpaired) electrons. The fourth-order valence-electron chi connectivity index (χ4n) is 1.47. The number of nitrogens with two attached hydrogens (primary N) is 1. The van der Waals surface area contributed by atoms with Crippen LogP contribution in [0.15, 0.2) is 22.7 Å². The van der Waals surface area contributed by atoms with Crippen LogP contribution >= 0.6 is 15.9 Å². The summed E-state index contributed by atoms with van der Waals surface area (Å²) in [5.41, 5.74) is 3.70.